The first-order valence-electron chi connectivity index (χ1n) is 5.68. The molecule has 0 aliphatic carbocycles. The number of hydrogen-bond acceptors (Lipinski definition) is 4. The number of rotatable bonds is 3. The van der Waals surface area contributed by atoms with Gasteiger partial charge in [-0.15, -0.1) is 0 Å². The minimum absolute atomic E-state index is 0.242. The van der Waals surface area contributed by atoms with E-state index in [2.05, 4.69) is 22.3 Å². The number of nitrogens with zero attached hydrogens (tertiary/aromatic N) is 1. The molecule has 1 aromatic heterocycles. The topological polar surface area (TPSA) is 75.4 Å². The number of benzene rings is 1. The normalized spacial score (nSPS) is 9.53. The SMILES string of the molecule is O=C(NCc1ccno1)c1ccccc1C#CCO. The molecule has 0 bridgehead atoms. The highest BCUT2D eigenvalue weighted by Crippen LogP contribution is 2.07. The third-order valence-corrected chi connectivity index (χ3v) is 2.39. The van der Waals surface area contributed by atoms with Crippen molar-refractivity contribution in [1.29, 1.82) is 0 Å². The number of carbonyl (C=O) groups is 1. The Balaban J connectivity index is 2.10. The van der Waals surface area contributed by atoms with Gasteiger partial charge in [0.2, 0.25) is 0 Å². The van der Waals surface area contributed by atoms with Crippen molar-refractivity contribution in [2.45, 2.75) is 6.54 Å². The second-order valence-electron chi connectivity index (χ2n) is 3.67. The van der Waals surface area contributed by atoms with Gasteiger partial charge in [0.25, 0.3) is 5.91 Å². The van der Waals surface area contributed by atoms with Gasteiger partial charge in [-0.2, -0.15) is 0 Å². The third-order valence-electron chi connectivity index (χ3n) is 2.39. The molecular weight excluding hydrogens is 244 g/mol. The first-order chi connectivity index (χ1) is 9.31. The first-order valence-corrected chi connectivity index (χ1v) is 5.68. The Hall–Kier alpha value is -2.58. The fourth-order valence-electron chi connectivity index (χ4n) is 1.52. The maximum atomic E-state index is 12.0. The Bertz CT molecular complexity index is 609. The van der Waals surface area contributed by atoms with Crippen LogP contribution in [-0.4, -0.2) is 22.8 Å². The molecule has 1 aromatic carbocycles. The molecular formula is C14H12N2O3. The Morgan fingerprint density at radius 2 is 2.21 bits per heavy atom. The van der Waals surface area contributed by atoms with Gasteiger partial charge in [0.1, 0.15) is 6.61 Å². The zero-order chi connectivity index (χ0) is 13.5. The summed E-state index contributed by atoms with van der Waals surface area (Å²) >= 11 is 0. The van der Waals surface area contributed by atoms with E-state index >= 15 is 0 Å². The lowest BCUT2D eigenvalue weighted by molar-refractivity contribution is 0.0947. The van der Waals surface area contributed by atoms with Crippen molar-refractivity contribution >= 4 is 5.91 Å². The molecule has 0 spiro atoms. The van der Waals surface area contributed by atoms with Crippen molar-refractivity contribution in [2.75, 3.05) is 6.61 Å². The number of nitrogens with one attached hydrogen (secondary N) is 1. The van der Waals surface area contributed by atoms with Crippen molar-refractivity contribution < 1.29 is 14.4 Å². The number of hydrogen-bond donors (Lipinski definition) is 2. The summed E-state index contributed by atoms with van der Waals surface area (Å²) < 4.78 is 4.89. The second-order valence-corrected chi connectivity index (χ2v) is 3.67. The zero-order valence-corrected chi connectivity index (χ0v) is 10.1. The lowest BCUT2D eigenvalue weighted by atomic mass is 10.1. The van der Waals surface area contributed by atoms with Crippen molar-refractivity contribution in [1.82, 2.24) is 10.5 Å². The van der Waals surface area contributed by atoms with Gasteiger partial charge in [-0.1, -0.05) is 29.1 Å². The van der Waals surface area contributed by atoms with Gasteiger partial charge in [0, 0.05) is 11.6 Å². The van der Waals surface area contributed by atoms with Gasteiger partial charge < -0.3 is 14.9 Å². The molecule has 0 saturated carbocycles. The Morgan fingerprint density at radius 3 is 2.95 bits per heavy atom. The summed E-state index contributed by atoms with van der Waals surface area (Å²) in [7, 11) is 0. The fourth-order valence-corrected chi connectivity index (χ4v) is 1.52. The third kappa shape index (κ3) is 3.44. The molecule has 2 rings (SSSR count). The van der Waals surface area contributed by atoms with Crippen LogP contribution in [0.4, 0.5) is 0 Å². The first kappa shape index (κ1) is 12.9. The van der Waals surface area contributed by atoms with E-state index in [0.29, 0.717) is 16.9 Å². The van der Waals surface area contributed by atoms with Crippen LogP contribution in [0.3, 0.4) is 0 Å². The van der Waals surface area contributed by atoms with Gasteiger partial charge in [-0.25, -0.2) is 0 Å². The molecule has 5 nitrogen and oxygen atoms in total. The molecule has 1 heterocycles. The zero-order valence-electron chi connectivity index (χ0n) is 10.1. The van der Waals surface area contributed by atoms with E-state index in [-0.39, 0.29) is 19.1 Å². The summed E-state index contributed by atoms with van der Waals surface area (Å²) in [6.45, 7) is 0.0224. The summed E-state index contributed by atoms with van der Waals surface area (Å²) in [5.41, 5.74) is 1.04. The number of carbonyl (C=O) groups excluding carboxylic acids is 1. The molecule has 2 aromatic rings. The van der Waals surface area contributed by atoms with Crippen molar-refractivity contribution in [2.24, 2.45) is 0 Å². The van der Waals surface area contributed by atoms with Crippen LogP contribution in [0, 0.1) is 11.8 Å². The standard InChI is InChI=1S/C14H12N2O3/c17-9-3-5-11-4-1-2-6-13(11)14(18)15-10-12-7-8-16-19-12/h1-2,4,6-8,17H,9-10H2,(H,15,18). The van der Waals surface area contributed by atoms with Crippen LogP contribution in [0.1, 0.15) is 21.7 Å². The average Bonchev–Trinajstić information content (AvgIpc) is 2.96. The van der Waals surface area contributed by atoms with E-state index in [1.54, 1.807) is 30.3 Å². The van der Waals surface area contributed by atoms with Gasteiger partial charge in [-0.3, -0.25) is 4.79 Å². The average molecular weight is 256 g/mol. The highest BCUT2D eigenvalue weighted by Gasteiger charge is 2.09. The molecule has 2 N–H and O–H groups in total. The summed E-state index contributed by atoms with van der Waals surface area (Å²) in [6, 6.07) is 8.63. The minimum Gasteiger partial charge on any atom is -0.384 e. The molecule has 0 unspecified atom stereocenters. The molecule has 96 valence electrons. The highest BCUT2D eigenvalue weighted by molar-refractivity contribution is 5.96. The molecule has 5 heteroatoms. The number of aliphatic hydroxyl groups is 1. The lowest BCUT2D eigenvalue weighted by Crippen LogP contribution is -2.23. The predicted molar refractivity (Wildman–Crippen MR) is 68.1 cm³/mol. The van der Waals surface area contributed by atoms with Crippen molar-refractivity contribution in [3.05, 3.63) is 53.4 Å². The molecule has 0 fully saturated rings. The maximum absolute atomic E-state index is 12.0. The maximum Gasteiger partial charge on any atom is 0.252 e. The highest BCUT2D eigenvalue weighted by atomic mass is 16.5. The Morgan fingerprint density at radius 1 is 1.37 bits per heavy atom. The van der Waals surface area contributed by atoms with Crippen LogP contribution in [0.25, 0.3) is 0 Å². The monoisotopic (exact) mass is 256 g/mol. The fraction of sp³-hybridized carbons (Fsp3) is 0.143. The van der Waals surface area contributed by atoms with Crippen LogP contribution in [-0.2, 0) is 6.54 Å². The molecule has 0 atom stereocenters. The van der Waals surface area contributed by atoms with E-state index < -0.39 is 0 Å². The lowest BCUT2D eigenvalue weighted by Gasteiger charge is -2.05. The number of amides is 1. The van der Waals surface area contributed by atoms with Gasteiger partial charge in [-0.05, 0) is 12.1 Å². The van der Waals surface area contributed by atoms with Gasteiger partial charge in [0.15, 0.2) is 5.76 Å². The molecule has 0 aliphatic rings. The van der Waals surface area contributed by atoms with Crippen LogP contribution >= 0.6 is 0 Å². The second kappa shape index (κ2) is 6.38. The van der Waals surface area contributed by atoms with Crippen molar-refractivity contribution in [3.63, 3.8) is 0 Å². The van der Waals surface area contributed by atoms with Crippen LogP contribution < -0.4 is 5.32 Å². The van der Waals surface area contributed by atoms with Crippen LogP contribution in [0.2, 0.25) is 0 Å². The number of aliphatic hydroxyl groups excluding tert-OH is 1. The Kier molecular flexibility index (Phi) is 4.32. The molecule has 0 radical (unpaired) electrons. The molecule has 0 aliphatic heterocycles. The van der Waals surface area contributed by atoms with Crippen LogP contribution in [0.15, 0.2) is 41.1 Å². The van der Waals surface area contributed by atoms with Gasteiger partial charge >= 0.3 is 0 Å². The predicted octanol–water partition coefficient (Wildman–Crippen LogP) is 0.948. The quantitative estimate of drug-likeness (QED) is 0.802. The largest absolute Gasteiger partial charge is 0.384 e. The van der Waals surface area contributed by atoms with E-state index in [1.807, 2.05) is 0 Å². The minimum atomic E-state index is -0.251. The van der Waals surface area contributed by atoms with E-state index in [9.17, 15) is 4.79 Å². The smallest absolute Gasteiger partial charge is 0.252 e. The molecule has 1 amide bonds. The van der Waals surface area contributed by atoms with E-state index in [1.165, 1.54) is 6.20 Å². The molecule has 0 saturated heterocycles. The summed E-state index contributed by atoms with van der Waals surface area (Å²) in [6.07, 6.45) is 1.52. The van der Waals surface area contributed by atoms with Crippen molar-refractivity contribution in [3.8, 4) is 11.8 Å². The van der Waals surface area contributed by atoms with E-state index in [0.717, 1.165) is 0 Å². The van der Waals surface area contributed by atoms with Gasteiger partial charge in [0.05, 0.1) is 18.3 Å². The number of aromatic nitrogens is 1. The van der Waals surface area contributed by atoms with Crippen LogP contribution in [0.5, 0.6) is 0 Å². The summed E-state index contributed by atoms with van der Waals surface area (Å²) in [5, 5.41) is 15.0. The summed E-state index contributed by atoms with van der Waals surface area (Å²) in [5.74, 6) is 5.59. The molecule has 19 heavy (non-hydrogen) atoms. The Labute approximate surface area is 110 Å². The van der Waals surface area contributed by atoms with E-state index in [4.69, 9.17) is 9.63 Å². The summed E-state index contributed by atoms with van der Waals surface area (Å²) in [4.78, 5) is 12.0.